The standard InChI is InChI=1S/C13H17F3N4/c14-13(15,16)11-2-1-3-12(19-11)18-9-6-10-7-17-4-5-20(10)8-9/h1-3,9-10,17H,4-8H2,(H,18,19). The Bertz CT molecular complexity index is 463. The summed E-state index contributed by atoms with van der Waals surface area (Å²) in [6.45, 7) is 3.79. The van der Waals surface area contributed by atoms with Crippen molar-refractivity contribution in [2.24, 2.45) is 0 Å². The molecule has 2 N–H and O–H groups in total. The molecule has 1 aromatic heterocycles. The summed E-state index contributed by atoms with van der Waals surface area (Å²) >= 11 is 0. The third kappa shape index (κ3) is 2.88. The lowest BCUT2D eigenvalue weighted by atomic mass is 10.1. The molecule has 2 atom stereocenters. The first-order valence-corrected chi connectivity index (χ1v) is 6.78. The van der Waals surface area contributed by atoms with E-state index in [9.17, 15) is 13.2 Å². The lowest BCUT2D eigenvalue weighted by Crippen LogP contribution is -2.47. The van der Waals surface area contributed by atoms with Gasteiger partial charge in [-0.1, -0.05) is 6.07 Å². The predicted octanol–water partition coefficient (Wildman–Crippen LogP) is 1.56. The van der Waals surface area contributed by atoms with Crippen molar-refractivity contribution in [3.8, 4) is 0 Å². The van der Waals surface area contributed by atoms with Gasteiger partial charge >= 0.3 is 6.18 Å². The number of halogens is 3. The summed E-state index contributed by atoms with van der Waals surface area (Å²) in [5, 5.41) is 6.46. The number of rotatable bonds is 2. The fourth-order valence-electron chi connectivity index (χ4n) is 2.95. The molecule has 0 aliphatic carbocycles. The fourth-order valence-corrected chi connectivity index (χ4v) is 2.95. The maximum Gasteiger partial charge on any atom is 0.433 e. The van der Waals surface area contributed by atoms with Crippen LogP contribution in [0.2, 0.25) is 0 Å². The molecule has 2 aliphatic rings. The first kappa shape index (κ1) is 13.6. The normalized spacial score (nSPS) is 27.4. The Balaban J connectivity index is 1.66. The van der Waals surface area contributed by atoms with Gasteiger partial charge in [-0.15, -0.1) is 0 Å². The van der Waals surface area contributed by atoms with E-state index in [2.05, 4.69) is 20.5 Å². The summed E-state index contributed by atoms with van der Waals surface area (Å²) < 4.78 is 37.8. The van der Waals surface area contributed by atoms with Gasteiger partial charge in [0.25, 0.3) is 0 Å². The van der Waals surface area contributed by atoms with Crippen molar-refractivity contribution < 1.29 is 13.2 Å². The highest BCUT2D eigenvalue weighted by molar-refractivity contribution is 5.37. The molecule has 2 fully saturated rings. The third-order valence-corrected chi connectivity index (χ3v) is 3.88. The van der Waals surface area contributed by atoms with E-state index in [1.165, 1.54) is 6.07 Å². The largest absolute Gasteiger partial charge is 0.433 e. The molecule has 2 aliphatic heterocycles. The monoisotopic (exact) mass is 286 g/mol. The topological polar surface area (TPSA) is 40.2 Å². The van der Waals surface area contributed by atoms with E-state index >= 15 is 0 Å². The summed E-state index contributed by atoms with van der Waals surface area (Å²) in [7, 11) is 0. The van der Waals surface area contributed by atoms with Gasteiger partial charge in [0.05, 0.1) is 0 Å². The zero-order valence-corrected chi connectivity index (χ0v) is 11.0. The van der Waals surface area contributed by atoms with Crippen LogP contribution in [-0.4, -0.2) is 48.1 Å². The highest BCUT2D eigenvalue weighted by Crippen LogP contribution is 2.29. The van der Waals surface area contributed by atoms with Gasteiger partial charge in [0.1, 0.15) is 11.5 Å². The van der Waals surface area contributed by atoms with E-state index in [1.54, 1.807) is 6.07 Å². The van der Waals surface area contributed by atoms with E-state index in [0.29, 0.717) is 11.9 Å². The molecular formula is C13H17F3N4. The Morgan fingerprint density at radius 3 is 2.95 bits per heavy atom. The minimum absolute atomic E-state index is 0.163. The molecule has 110 valence electrons. The second-order valence-corrected chi connectivity index (χ2v) is 5.34. The van der Waals surface area contributed by atoms with Crippen molar-refractivity contribution in [1.29, 1.82) is 0 Å². The summed E-state index contributed by atoms with van der Waals surface area (Å²) in [5.41, 5.74) is -0.847. The van der Waals surface area contributed by atoms with E-state index in [1.807, 2.05) is 0 Å². The maximum atomic E-state index is 12.6. The van der Waals surface area contributed by atoms with E-state index in [-0.39, 0.29) is 6.04 Å². The van der Waals surface area contributed by atoms with E-state index < -0.39 is 11.9 Å². The number of piperazine rings is 1. The molecule has 4 nitrogen and oxygen atoms in total. The first-order chi connectivity index (χ1) is 9.52. The Labute approximate surface area is 115 Å². The second-order valence-electron chi connectivity index (χ2n) is 5.34. The fraction of sp³-hybridized carbons (Fsp3) is 0.615. The number of nitrogens with zero attached hydrogens (tertiary/aromatic N) is 2. The van der Waals surface area contributed by atoms with E-state index in [4.69, 9.17) is 0 Å². The number of hydrogen-bond acceptors (Lipinski definition) is 4. The molecule has 0 saturated carbocycles. The second kappa shape index (κ2) is 5.21. The van der Waals surface area contributed by atoms with Crippen LogP contribution in [0.4, 0.5) is 19.0 Å². The van der Waals surface area contributed by atoms with Gasteiger partial charge in [-0.25, -0.2) is 4.98 Å². The quantitative estimate of drug-likeness (QED) is 0.865. The Morgan fingerprint density at radius 1 is 1.35 bits per heavy atom. The van der Waals surface area contributed by atoms with Gasteiger partial charge in [-0.3, -0.25) is 4.90 Å². The van der Waals surface area contributed by atoms with Crippen molar-refractivity contribution in [2.45, 2.75) is 24.7 Å². The molecular weight excluding hydrogens is 269 g/mol. The number of pyridine rings is 1. The minimum Gasteiger partial charge on any atom is -0.366 e. The number of anilines is 1. The lowest BCUT2D eigenvalue weighted by molar-refractivity contribution is -0.141. The smallest absolute Gasteiger partial charge is 0.366 e. The Hall–Kier alpha value is -1.34. The Morgan fingerprint density at radius 2 is 2.20 bits per heavy atom. The van der Waals surface area contributed by atoms with Crippen molar-refractivity contribution in [2.75, 3.05) is 31.5 Å². The zero-order valence-electron chi connectivity index (χ0n) is 11.0. The van der Waals surface area contributed by atoms with Crippen LogP contribution >= 0.6 is 0 Å². The number of nitrogens with one attached hydrogen (secondary N) is 2. The van der Waals surface area contributed by atoms with Gasteiger partial charge < -0.3 is 10.6 Å². The van der Waals surface area contributed by atoms with Crippen LogP contribution < -0.4 is 10.6 Å². The molecule has 20 heavy (non-hydrogen) atoms. The first-order valence-electron chi connectivity index (χ1n) is 6.78. The predicted molar refractivity (Wildman–Crippen MR) is 69.5 cm³/mol. The summed E-state index contributed by atoms with van der Waals surface area (Å²) in [4.78, 5) is 6.03. The zero-order chi connectivity index (χ0) is 14.2. The number of aromatic nitrogens is 1. The minimum atomic E-state index is -4.39. The van der Waals surface area contributed by atoms with Crippen LogP contribution in [0.5, 0.6) is 0 Å². The molecule has 2 saturated heterocycles. The van der Waals surface area contributed by atoms with Gasteiger partial charge in [-0.05, 0) is 18.6 Å². The van der Waals surface area contributed by atoms with Crippen molar-refractivity contribution in [3.63, 3.8) is 0 Å². The molecule has 0 amide bonds. The molecule has 0 radical (unpaired) electrons. The number of hydrogen-bond donors (Lipinski definition) is 2. The van der Waals surface area contributed by atoms with Crippen molar-refractivity contribution in [1.82, 2.24) is 15.2 Å². The highest BCUT2D eigenvalue weighted by Gasteiger charge is 2.35. The molecule has 3 rings (SSSR count). The molecule has 2 unspecified atom stereocenters. The number of fused-ring (bicyclic) bond motifs is 1. The summed E-state index contributed by atoms with van der Waals surface area (Å²) in [6.07, 6.45) is -3.46. The third-order valence-electron chi connectivity index (χ3n) is 3.88. The van der Waals surface area contributed by atoms with E-state index in [0.717, 1.165) is 38.7 Å². The van der Waals surface area contributed by atoms with Gasteiger partial charge in [0, 0.05) is 38.3 Å². The van der Waals surface area contributed by atoms with Crippen LogP contribution in [0.3, 0.4) is 0 Å². The molecule has 0 aromatic carbocycles. The molecule has 7 heteroatoms. The van der Waals surface area contributed by atoms with Crippen molar-refractivity contribution >= 4 is 5.82 Å². The molecule has 1 aromatic rings. The summed E-state index contributed by atoms with van der Waals surface area (Å²) in [5.74, 6) is 0.303. The van der Waals surface area contributed by atoms with Crippen LogP contribution in [0.15, 0.2) is 18.2 Å². The number of alkyl halides is 3. The maximum absolute atomic E-state index is 12.6. The van der Waals surface area contributed by atoms with Gasteiger partial charge in [0.15, 0.2) is 0 Å². The van der Waals surface area contributed by atoms with Crippen LogP contribution in [-0.2, 0) is 6.18 Å². The van der Waals surface area contributed by atoms with Gasteiger partial charge in [-0.2, -0.15) is 13.2 Å². The summed E-state index contributed by atoms with van der Waals surface area (Å²) in [6, 6.07) is 4.61. The van der Waals surface area contributed by atoms with Crippen LogP contribution in [0.1, 0.15) is 12.1 Å². The molecule has 0 bridgehead atoms. The SMILES string of the molecule is FC(F)(F)c1cccc(NC2CC3CNCCN3C2)n1. The average molecular weight is 286 g/mol. The van der Waals surface area contributed by atoms with Crippen molar-refractivity contribution in [3.05, 3.63) is 23.9 Å². The van der Waals surface area contributed by atoms with Gasteiger partial charge in [0.2, 0.25) is 0 Å². The molecule has 0 spiro atoms. The van der Waals surface area contributed by atoms with Crippen LogP contribution in [0.25, 0.3) is 0 Å². The van der Waals surface area contributed by atoms with Crippen LogP contribution in [0, 0.1) is 0 Å². The average Bonchev–Trinajstić information content (AvgIpc) is 2.80. The molecule has 3 heterocycles. The Kier molecular flexibility index (Phi) is 3.55. The highest BCUT2D eigenvalue weighted by atomic mass is 19.4. The lowest BCUT2D eigenvalue weighted by Gasteiger charge is -2.29.